The molecule has 2 aliphatic heterocycles. The minimum atomic E-state index is -0.573. The summed E-state index contributed by atoms with van der Waals surface area (Å²) >= 11 is 5.96. The summed E-state index contributed by atoms with van der Waals surface area (Å²) in [5.41, 5.74) is 1.79. The molecule has 7 nitrogen and oxygen atoms in total. The van der Waals surface area contributed by atoms with Gasteiger partial charge >= 0.3 is 12.0 Å². The van der Waals surface area contributed by atoms with Crippen molar-refractivity contribution < 1.29 is 14.3 Å². The molecule has 1 saturated heterocycles. The van der Waals surface area contributed by atoms with Crippen molar-refractivity contribution in [3.05, 3.63) is 46.1 Å². The largest absolute Gasteiger partial charge is 0.466 e. The van der Waals surface area contributed by atoms with Crippen molar-refractivity contribution in [2.75, 3.05) is 46.9 Å². The summed E-state index contributed by atoms with van der Waals surface area (Å²) in [6.07, 6.45) is 0. The Morgan fingerprint density at radius 3 is 2.50 bits per heavy atom. The first-order chi connectivity index (χ1) is 12.5. The normalized spacial score (nSPS) is 22.0. The molecule has 1 aromatic carbocycles. The van der Waals surface area contributed by atoms with Crippen LogP contribution < -0.4 is 10.6 Å². The molecule has 2 aliphatic rings. The maximum atomic E-state index is 12.5. The van der Waals surface area contributed by atoms with Crippen LogP contribution in [-0.2, 0) is 9.53 Å². The van der Waals surface area contributed by atoms with Gasteiger partial charge < -0.3 is 20.3 Å². The van der Waals surface area contributed by atoms with E-state index in [0.717, 1.165) is 31.7 Å². The summed E-state index contributed by atoms with van der Waals surface area (Å²) in [6.45, 7) is 4.16. The maximum Gasteiger partial charge on any atom is 0.338 e. The van der Waals surface area contributed by atoms with Crippen LogP contribution in [0.5, 0.6) is 0 Å². The van der Waals surface area contributed by atoms with Crippen molar-refractivity contribution in [1.29, 1.82) is 0 Å². The fourth-order valence-corrected chi connectivity index (χ4v) is 3.35. The molecular weight excluding hydrogens is 356 g/mol. The fraction of sp³-hybridized carbons (Fsp3) is 0.444. The molecule has 0 aromatic heterocycles. The molecule has 3 rings (SSSR count). The van der Waals surface area contributed by atoms with E-state index in [4.69, 9.17) is 16.3 Å². The van der Waals surface area contributed by atoms with Gasteiger partial charge in [-0.05, 0) is 24.7 Å². The van der Waals surface area contributed by atoms with Crippen molar-refractivity contribution in [3.8, 4) is 0 Å². The van der Waals surface area contributed by atoms with Gasteiger partial charge in [0.05, 0.1) is 18.7 Å². The van der Waals surface area contributed by atoms with Crippen LogP contribution in [-0.4, -0.2) is 68.7 Å². The molecule has 2 N–H and O–H groups in total. The number of esters is 1. The Bertz CT molecular complexity index is 712. The Labute approximate surface area is 157 Å². The molecule has 0 aliphatic carbocycles. The number of nitrogens with zero attached hydrogens (tertiary/aromatic N) is 2. The lowest BCUT2D eigenvalue weighted by atomic mass is 9.95. The molecule has 140 valence electrons. The number of likely N-dealkylation sites (N-methyl/N-ethyl adjacent to an activating group) is 1. The van der Waals surface area contributed by atoms with Crippen molar-refractivity contribution in [2.45, 2.75) is 6.04 Å². The van der Waals surface area contributed by atoms with Gasteiger partial charge in [-0.2, -0.15) is 0 Å². The van der Waals surface area contributed by atoms with Crippen LogP contribution in [0.3, 0.4) is 0 Å². The summed E-state index contributed by atoms with van der Waals surface area (Å²) in [5, 5.41) is 6.20. The van der Waals surface area contributed by atoms with Crippen LogP contribution in [0.2, 0.25) is 5.02 Å². The third-order valence-corrected chi connectivity index (χ3v) is 4.99. The monoisotopic (exact) mass is 378 g/mol. The number of carbonyl (C=O) groups excluding carboxylic acids is 2. The average molecular weight is 379 g/mol. The molecule has 2 amide bonds. The topological polar surface area (TPSA) is 73.9 Å². The number of hydrogen-bond acceptors (Lipinski definition) is 5. The smallest absolute Gasteiger partial charge is 0.338 e. The van der Waals surface area contributed by atoms with E-state index < -0.39 is 12.0 Å². The van der Waals surface area contributed by atoms with E-state index in [2.05, 4.69) is 27.5 Å². The number of amides is 2. The Kier molecular flexibility index (Phi) is 5.80. The van der Waals surface area contributed by atoms with E-state index in [1.165, 1.54) is 7.11 Å². The van der Waals surface area contributed by atoms with Gasteiger partial charge in [0, 0.05) is 43.4 Å². The van der Waals surface area contributed by atoms with Crippen molar-refractivity contribution in [1.82, 2.24) is 20.4 Å². The lowest BCUT2D eigenvalue weighted by molar-refractivity contribution is -0.136. The zero-order valence-corrected chi connectivity index (χ0v) is 15.7. The third kappa shape index (κ3) is 4.17. The molecule has 0 saturated carbocycles. The van der Waals surface area contributed by atoms with E-state index in [1.807, 2.05) is 0 Å². The second-order valence-corrected chi connectivity index (χ2v) is 6.98. The predicted octanol–water partition coefficient (Wildman–Crippen LogP) is 1.37. The molecule has 1 fully saturated rings. The molecule has 1 aromatic rings. The lowest BCUT2D eigenvalue weighted by Crippen LogP contribution is -2.51. The maximum absolute atomic E-state index is 12.5. The van der Waals surface area contributed by atoms with Crippen molar-refractivity contribution in [3.63, 3.8) is 0 Å². The number of carbonyl (C=O) groups is 2. The summed E-state index contributed by atoms with van der Waals surface area (Å²) in [7, 11) is 3.43. The Hall–Kier alpha value is -2.09. The minimum absolute atomic E-state index is 0.332. The van der Waals surface area contributed by atoms with Gasteiger partial charge in [-0.15, -0.1) is 0 Å². The first kappa shape index (κ1) is 18.7. The molecule has 0 unspecified atom stereocenters. The quantitative estimate of drug-likeness (QED) is 0.774. The van der Waals surface area contributed by atoms with Crippen molar-refractivity contribution >= 4 is 23.6 Å². The second kappa shape index (κ2) is 8.07. The van der Waals surface area contributed by atoms with E-state index in [0.29, 0.717) is 22.8 Å². The second-order valence-electron chi connectivity index (χ2n) is 6.55. The van der Waals surface area contributed by atoms with Crippen LogP contribution in [0, 0.1) is 0 Å². The average Bonchev–Trinajstić information content (AvgIpc) is 2.63. The highest BCUT2D eigenvalue weighted by molar-refractivity contribution is 6.30. The standard InChI is InChI=1S/C18H23ClN4O3/c1-22-7-9-23(10-8-22)11-14-15(17(24)26-2)16(21-18(25)20-14)12-3-5-13(19)6-4-12/h3-6,16H,7-11H2,1-2H3,(H2,20,21,25)/t16-/m1/s1. The molecule has 2 heterocycles. The van der Waals surface area contributed by atoms with Crippen LogP contribution in [0.25, 0.3) is 0 Å². The number of benzene rings is 1. The molecule has 8 heteroatoms. The summed E-state index contributed by atoms with van der Waals surface area (Å²) in [6, 6.07) is 6.17. The first-order valence-corrected chi connectivity index (χ1v) is 8.91. The number of ether oxygens (including phenoxy) is 1. The minimum Gasteiger partial charge on any atom is -0.466 e. The van der Waals surface area contributed by atoms with Gasteiger partial charge in [-0.25, -0.2) is 9.59 Å². The molecule has 0 radical (unpaired) electrons. The number of halogens is 1. The lowest BCUT2D eigenvalue weighted by Gasteiger charge is -2.35. The van der Waals surface area contributed by atoms with Gasteiger partial charge in [-0.1, -0.05) is 23.7 Å². The van der Waals surface area contributed by atoms with Crippen LogP contribution >= 0.6 is 11.6 Å². The summed E-state index contributed by atoms with van der Waals surface area (Å²) < 4.78 is 5.00. The molecule has 1 atom stereocenters. The summed E-state index contributed by atoms with van der Waals surface area (Å²) in [4.78, 5) is 29.2. The number of urea groups is 1. The fourth-order valence-electron chi connectivity index (χ4n) is 3.23. The number of piperazine rings is 1. The molecular formula is C18H23ClN4O3. The number of nitrogens with one attached hydrogen (secondary N) is 2. The first-order valence-electron chi connectivity index (χ1n) is 8.53. The molecule has 26 heavy (non-hydrogen) atoms. The van der Waals surface area contributed by atoms with Crippen LogP contribution in [0.4, 0.5) is 4.79 Å². The number of hydrogen-bond donors (Lipinski definition) is 2. The van der Waals surface area contributed by atoms with Gasteiger partial charge in [0.15, 0.2) is 0 Å². The summed E-state index contributed by atoms with van der Waals surface area (Å²) in [5.74, 6) is -0.457. The van der Waals surface area contributed by atoms with Gasteiger partial charge in [0.2, 0.25) is 0 Å². The highest BCUT2D eigenvalue weighted by atomic mass is 35.5. The van der Waals surface area contributed by atoms with Crippen LogP contribution in [0.15, 0.2) is 35.5 Å². The highest BCUT2D eigenvalue weighted by Crippen LogP contribution is 2.29. The zero-order valence-electron chi connectivity index (χ0n) is 14.9. The molecule has 0 spiro atoms. The molecule has 0 bridgehead atoms. The van der Waals surface area contributed by atoms with E-state index in [9.17, 15) is 9.59 Å². The van der Waals surface area contributed by atoms with Crippen molar-refractivity contribution in [2.24, 2.45) is 0 Å². The van der Waals surface area contributed by atoms with E-state index in [-0.39, 0.29) is 6.03 Å². The Morgan fingerprint density at radius 2 is 1.88 bits per heavy atom. The predicted molar refractivity (Wildman–Crippen MR) is 98.8 cm³/mol. The van der Waals surface area contributed by atoms with E-state index >= 15 is 0 Å². The van der Waals surface area contributed by atoms with E-state index in [1.54, 1.807) is 24.3 Å². The highest BCUT2D eigenvalue weighted by Gasteiger charge is 2.34. The number of methoxy groups -OCH3 is 1. The van der Waals surface area contributed by atoms with Crippen LogP contribution in [0.1, 0.15) is 11.6 Å². The third-order valence-electron chi connectivity index (χ3n) is 4.74. The SMILES string of the molecule is COC(=O)C1=C(CN2CCN(C)CC2)NC(=O)N[C@@H]1c1ccc(Cl)cc1. The Balaban J connectivity index is 1.93. The van der Waals surface area contributed by atoms with Gasteiger partial charge in [0.25, 0.3) is 0 Å². The Morgan fingerprint density at radius 1 is 1.23 bits per heavy atom. The van der Waals surface area contributed by atoms with Gasteiger partial charge in [-0.3, -0.25) is 4.90 Å². The van der Waals surface area contributed by atoms with Gasteiger partial charge in [0.1, 0.15) is 0 Å². The number of rotatable bonds is 4. The zero-order chi connectivity index (χ0) is 18.7.